The van der Waals surface area contributed by atoms with Gasteiger partial charge in [0.05, 0.1) is 10.9 Å². The number of aryl methyl sites for hydroxylation is 2. The Morgan fingerprint density at radius 3 is 2.95 bits per heavy atom. The number of hydrogen-bond acceptors (Lipinski definition) is 3. The second kappa shape index (κ2) is 5.09. The van der Waals surface area contributed by atoms with Crippen molar-refractivity contribution in [3.8, 4) is 0 Å². The van der Waals surface area contributed by atoms with Crippen LogP contribution >= 0.6 is 0 Å². The van der Waals surface area contributed by atoms with Crippen molar-refractivity contribution in [2.75, 3.05) is 13.6 Å². The first-order chi connectivity index (χ1) is 9.74. The molecule has 0 saturated carbocycles. The van der Waals surface area contributed by atoms with Crippen molar-refractivity contribution in [1.82, 2.24) is 20.1 Å². The molecule has 0 amide bonds. The van der Waals surface area contributed by atoms with Gasteiger partial charge in [0.2, 0.25) is 0 Å². The molecule has 2 aromatic heterocycles. The van der Waals surface area contributed by atoms with Gasteiger partial charge in [-0.25, -0.2) is 0 Å². The summed E-state index contributed by atoms with van der Waals surface area (Å²) in [6.07, 6.45) is 0.919. The van der Waals surface area contributed by atoms with Crippen LogP contribution in [0.5, 0.6) is 0 Å². The summed E-state index contributed by atoms with van der Waals surface area (Å²) in [5.41, 5.74) is 2.60. The van der Waals surface area contributed by atoms with Gasteiger partial charge in [0.1, 0.15) is 5.52 Å². The van der Waals surface area contributed by atoms with E-state index in [2.05, 4.69) is 15.5 Å². The molecular formula is C15H18N4O. The molecule has 0 fully saturated rings. The number of pyridine rings is 1. The zero-order chi connectivity index (χ0) is 14.1. The summed E-state index contributed by atoms with van der Waals surface area (Å²) in [4.78, 5) is 12.7. The second-order valence-corrected chi connectivity index (χ2v) is 5.00. The zero-order valence-electron chi connectivity index (χ0n) is 11.7. The summed E-state index contributed by atoms with van der Waals surface area (Å²) in [7, 11) is 1.92. The normalized spacial score (nSPS) is 11.5. The van der Waals surface area contributed by atoms with E-state index in [9.17, 15) is 4.79 Å². The fourth-order valence-corrected chi connectivity index (χ4v) is 2.68. The number of H-pyrrole nitrogens is 1. The molecular weight excluding hydrogens is 252 g/mol. The van der Waals surface area contributed by atoms with Crippen LogP contribution in [-0.2, 0) is 6.54 Å². The molecule has 20 heavy (non-hydrogen) atoms. The zero-order valence-corrected chi connectivity index (χ0v) is 11.7. The molecule has 0 aliphatic carbocycles. The van der Waals surface area contributed by atoms with Gasteiger partial charge < -0.3 is 9.88 Å². The topological polar surface area (TPSA) is 62.7 Å². The molecule has 104 valence electrons. The summed E-state index contributed by atoms with van der Waals surface area (Å²) in [5.74, 6) is 0. The third-order valence-electron chi connectivity index (χ3n) is 3.66. The molecule has 0 unspecified atom stereocenters. The molecule has 1 aromatic carbocycles. The van der Waals surface area contributed by atoms with Crippen LogP contribution in [0.4, 0.5) is 0 Å². The Hall–Kier alpha value is -2.14. The Morgan fingerprint density at radius 1 is 1.35 bits per heavy atom. The standard InChI is InChI=1S/C15H18N4O/c1-10-13-14(18-17-10)11-6-3-4-7-12(11)19(15(13)20)9-5-8-16-2/h3-4,6-7,16H,5,8-9H2,1-2H3,(H,17,18). The van der Waals surface area contributed by atoms with Gasteiger partial charge >= 0.3 is 0 Å². The Balaban J connectivity index is 2.31. The van der Waals surface area contributed by atoms with E-state index in [0.717, 1.165) is 35.1 Å². The number of aromatic amines is 1. The van der Waals surface area contributed by atoms with Crippen LogP contribution < -0.4 is 10.9 Å². The van der Waals surface area contributed by atoms with Crippen LogP contribution in [0.1, 0.15) is 12.1 Å². The molecule has 2 heterocycles. The highest BCUT2D eigenvalue weighted by molar-refractivity contribution is 6.03. The van der Waals surface area contributed by atoms with Gasteiger partial charge in [-0.2, -0.15) is 5.10 Å². The van der Waals surface area contributed by atoms with Crippen molar-refractivity contribution < 1.29 is 0 Å². The fourth-order valence-electron chi connectivity index (χ4n) is 2.68. The van der Waals surface area contributed by atoms with Crippen LogP contribution in [0, 0.1) is 6.92 Å². The average molecular weight is 270 g/mol. The van der Waals surface area contributed by atoms with E-state index in [1.54, 1.807) is 0 Å². The highest BCUT2D eigenvalue weighted by atomic mass is 16.1. The molecule has 3 rings (SSSR count). The molecule has 0 aliphatic rings. The molecule has 5 heteroatoms. The number of nitrogens with zero attached hydrogens (tertiary/aromatic N) is 2. The molecule has 0 saturated heterocycles. The minimum Gasteiger partial charge on any atom is -0.320 e. The van der Waals surface area contributed by atoms with Crippen LogP contribution in [-0.4, -0.2) is 28.4 Å². The van der Waals surface area contributed by atoms with Gasteiger partial charge in [-0.1, -0.05) is 18.2 Å². The van der Waals surface area contributed by atoms with E-state index >= 15 is 0 Å². The van der Waals surface area contributed by atoms with Gasteiger partial charge in [-0.05, 0) is 33.0 Å². The lowest BCUT2D eigenvalue weighted by molar-refractivity contribution is 0.615. The molecule has 5 nitrogen and oxygen atoms in total. The predicted molar refractivity (Wildman–Crippen MR) is 81.1 cm³/mol. The summed E-state index contributed by atoms with van der Waals surface area (Å²) >= 11 is 0. The number of hydrogen-bond donors (Lipinski definition) is 2. The first-order valence-electron chi connectivity index (χ1n) is 6.85. The Bertz CT molecular complexity index is 816. The van der Waals surface area contributed by atoms with E-state index in [1.807, 2.05) is 42.8 Å². The first kappa shape index (κ1) is 12.9. The molecule has 0 aliphatic heterocycles. The van der Waals surface area contributed by atoms with Crippen molar-refractivity contribution >= 4 is 21.8 Å². The highest BCUT2D eigenvalue weighted by Gasteiger charge is 2.14. The van der Waals surface area contributed by atoms with E-state index < -0.39 is 0 Å². The van der Waals surface area contributed by atoms with Crippen molar-refractivity contribution in [3.63, 3.8) is 0 Å². The summed E-state index contributed by atoms with van der Waals surface area (Å²) in [6.45, 7) is 3.49. The number of rotatable bonds is 4. The molecule has 3 aromatic rings. The van der Waals surface area contributed by atoms with E-state index in [0.29, 0.717) is 11.9 Å². The van der Waals surface area contributed by atoms with Gasteiger partial charge in [0.25, 0.3) is 5.56 Å². The van der Waals surface area contributed by atoms with Gasteiger partial charge in [0, 0.05) is 17.6 Å². The van der Waals surface area contributed by atoms with Gasteiger partial charge in [-0.3, -0.25) is 9.89 Å². The lowest BCUT2D eigenvalue weighted by Gasteiger charge is -2.11. The number of para-hydroxylation sites is 1. The number of fused-ring (bicyclic) bond motifs is 3. The Kier molecular flexibility index (Phi) is 3.28. The van der Waals surface area contributed by atoms with Crippen molar-refractivity contribution in [2.24, 2.45) is 0 Å². The molecule has 0 bridgehead atoms. The smallest absolute Gasteiger partial charge is 0.262 e. The summed E-state index contributed by atoms with van der Waals surface area (Å²) in [6, 6.07) is 7.95. The van der Waals surface area contributed by atoms with E-state index in [1.165, 1.54) is 0 Å². The fraction of sp³-hybridized carbons (Fsp3) is 0.333. The predicted octanol–water partition coefficient (Wildman–Crippen LogP) is 1.80. The average Bonchev–Trinajstić information content (AvgIpc) is 2.85. The van der Waals surface area contributed by atoms with Crippen molar-refractivity contribution in [3.05, 3.63) is 40.3 Å². The summed E-state index contributed by atoms with van der Waals surface area (Å²) < 4.78 is 1.86. The third-order valence-corrected chi connectivity index (χ3v) is 3.66. The number of aromatic nitrogens is 3. The number of benzene rings is 1. The van der Waals surface area contributed by atoms with Crippen molar-refractivity contribution in [1.29, 1.82) is 0 Å². The molecule has 2 N–H and O–H groups in total. The van der Waals surface area contributed by atoms with Gasteiger partial charge in [0.15, 0.2) is 0 Å². The van der Waals surface area contributed by atoms with Crippen LogP contribution in [0.2, 0.25) is 0 Å². The molecule has 0 spiro atoms. The first-order valence-corrected chi connectivity index (χ1v) is 6.85. The molecule has 0 radical (unpaired) electrons. The van der Waals surface area contributed by atoms with Crippen LogP contribution in [0.3, 0.4) is 0 Å². The minimum absolute atomic E-state index is 0.0426. The van der Waals surface area contributed by atoms with Crippen LogP contribution in [0.25, 0.3) is 21.8 Å². The van der Waals surface area contributed by atoms with Gasteiger partial charge in [-0.15, -0.1) is 0 Å². The highest BCUT2D eigenvalue weighted by Crippen LogP contribution is 2.22. The molecule has 0 atom stereocenters. The SMILES string of the molecule is CNCCCn1c(=O)c2c(C)[nH]nc2c2ccccc21. The maximum absolute atomic E-state index is 12.7. The maximum Gasteiger partial charge on any atom is 0.262 e. The largest absolute Gasteiger partial charge is 0.320 e. The van der Waals surface area contributed by atoms with Crippen LogP contribution in [0.15, 0.2) is 29.1 Å². The number of nitrogens with one attached hydrogen (secondary N) is 2. The Morgan fingerprint density at radius 2 is 2.15 bits per heavy atom. The van der Waals surface area contributed by atoms with E-state index in [4.69, 9.17) is 0 Å². The maximum atomic E-state index is 12.7. The van der Waals surface area contributed by atoms with E-state index in [-0.39, 0.29) is 5.56 Å². The lowest BCUT2D eigenvalue weighted by Crippen LogP contribution is -2.23. The quantitative estimate of drug-likeness (QED) is 0.711. The lowest BCUT2D eigenvalue weighted by atomic mass is 10.1. The summed E-state index contributed by atoms with van der Waals surface area (Å²) in [5, 5.41) is 12.1. The second-order valence-electron chi connectivity index (χ2n) is 5.00. The minimum atomic E-state index is 0.0426. The Labute approximate surface area is 116 Å². The third kappa shape index (κ3) is 1.91. The van der Waals surface area contributed by atoms with Crippen molar-refractivity contribution in [2.45, 2.75) is 19.9 Å². The monoisotopic (exact) mass is 270 g/mol.